The fourth-order valence-electron chi connectivity index (χ4n) is 1.61. The van der Waals surface area contributed by atoms with Crippen molar-refractivity contribution < 1.29 is 0 Å². The van der Waals surface area contributed by atoms with Gasteiger partial charge in [-0.15, -0.1) is 0 Å². The maximum atomic E-state index is 5.94. The molecule has 0 aromatic carbocycles. The van der Waals surface area contributed by atoms with E-state index < -0.39 is 0 Å². The second-order valence-corrected chi connectivity index (χ2v) is 5.16. The number of aromatic nitrogens is 4. The summed E-state index contributed by atoms with van der Waals surface area (Å²) in [6, 6.07) is 0.368. The lowest BCUT2D eigenvalue weighted by Crippen LogP contribution is -2.05. The van der Waals surface area contributed by atoms with Crippen molar-refractivity contribution in [1.29, 1.82) is 0 Å². The number of aryl methyl sites for hydroxylation is 1. The van der Waals surface area contributed by atoms with Crippen LogP contribution in [0.2, 0.25) is 0 Å². The lowest BCUT2D eigenvalue weighted by molar-refractivity contribution is 0.531. The first-order valence-electron chi connectivity index (χ1n) is 5.50. The van der Waals surface area contributed by atoms with E-state index >= 15 is 0 Å². The molecular weight excluding hydrogens is 282 g/mol. The summed E-state index contributed by atoms with van der Waals surface area (Å²) in [5.74, 6) is 0.653. The van der Waals surface area contributed by atoms with Gasteiger partial charge < -0.3 is 5.73 Å². The molecule has 2 rings (SSSR count). The average molecular weight is 298 g/mol. The minimum absolute atomic E-state index is 0.368. The molecule has 0 spiro atoms. The first kappa shape index (κ1) is 12.2. The topological polar surface area (TPSA) is 61.7 Å². The van der Waals surface area contributed by atoms with Crippen LogP contribution in [0.4, 0.5) is 5.82 Å². The Kier molecular flexibility index (Phi) is 3.24. The van der Waals surface area contributed by atoms with Crippen LogP contribution in [0.1, 0.15) is 31.1 Å². The van der Waals surface area contributed by atoms with Gasteiger partial charge in [0, 0.05) is 17.8 Å². The van der Waals surface area contributed by atoms with Crippen molar-refractivity contribution in [1.82, 2.24) is 19.6 Å². The summed E-state index contributed by atoms with van der Waals surface area (Å²) in [7, 11) is 0. The Morgan fingerprint density at radius 3 is 2.65 bits per heavy atom. The van der Waals surface area contributed by atoms with Crippen molar-refractivity contribution in [2.24, 2.45) is 0 Å². The van der Waals surface area contributed by atoms with Crippen molar-refractivity contribution in [2.75, 3.05) is 5.73 Å². The van der Waals surface area contributed by atoms with E-state index in [0.29, 0.717) is 18.4 Å². The third kappa shape index (κ3) is 2.36. The second-order valence-electron chi connectivity index (χ2n) is 4.36. The highest BCUT2D eigenvalue weighted by molar-refractivity contribution is 9.10. The summed E-state index contributed by atoms with van der Waals surface area (Å²) in [5, 5.41) is 8.66. The van der Waals surface area contributed by atoms with E-state index in [1.807, 2.05) is 24.0 Å². The molecule has 0 fully saturated rings. The minimum atomic E-state index is 0.368. The van der Waals surface area contributed by atoms with E-state index in [4.69, 9.17) is 5.73 Å². The molecule has 92 valence electrons. The largest absolute Gasteiger partial charge is 0.383 e. The smallest absolute Gasteiger partial charge is 0.136 e. The molecule has 0 aliphatic heterocycles. The molecule has 0 atom stereocenters. The first-order chi connectivity index (χ1) is 7.99. The van der Waals surface area contributed by atoms with Crippen molar-refractivity contribution >= 4 is 21.7 Å². The fraction of sp³-hybridized carbons (Fsp3) is 0.455. The van der Waals surface area contributed by atoms with Gasteiger partial charge in [-0.25, -0.2) is 4.68 Å². The predicted molar refractivity (Wildman–Crippen MR) is 70.8 cm³/mol. The number of hydrogen-bond acceptors (Lipinski definition) is 3. The number of nitrogens with two attached hydrogens (primary N) is 1. The highest BCUT2D eigenvalue weighted by atomic mass is 79.9. The number of nitrogens with zero attached hydrogens (tertiary/aromatic N) is 4. The molecule has 6 heteroatoms. The van der Waals surface area contributed by atoms with Crippen LogP contribution in [0.5, 0.6) is 0 Å². The van der Waals surface area contributed by atoms with Gasteiger partial charge in [0.2, 0.25) is 0 Å². The molecule has 0 amide bonds. The maximum absolute atomic E-state index is 5.94. The summed E-state index contributed by atoms with van der Waals surface area (Å²) >= 11 is 3.41. The Hall–Kier alpha value is -1.30. The summed E-state index contributed by atoms with van der Waals surface area (Å²) in [6.07, 6.45) is 3.87. The zero-order valence-electron chi connectivity index (χ0n) is 10.2. The van der Waals surface area contributed by atoms with E-state index in [0.717, 1.165) is 15.7 Å². The van der Waals surface area contributed by atoms with Crippen LogP contribution in [0.3, 0.4) is 0 Å². The molecule has 17 heavy (non-hydrogen) atoms. The van der Waals surface area contributed by atoms with Crippen molar-refractivity contribution in [3.05, 3.63) is 28.1 Å². The van der Waals surface area contributed by atoms with Gasteiger partial charge in [-0.2, -0.15) is 10.2 Å². The zero-order chi connectivity index (χ0) is 12.6. The fourth-order valence-corrected chi connectivity index (χ4v) is 1.90. The van der Waals surface area contributed by atoms with Gasteiger partial charge >= 0.3 is 0 Å². The van der Waals surface area contributed by atoms with Crippen LogP contribution in [-0.4, -0.2) is 19.6 Å². The maximum Gasteiger partial charge on any atom is 0.136 e. The average Bonchev–Trinajstić information content (AvgIpc) is 2.82. The van der Waals surface area contributed by atoms with E-state index in [-0.39, 0.29) is 0 Å². The van der Waals surface area contributed by atoms with Crippen molar-refractivity contribution in [2.45, 2.75) is 33.4 Å². The summed E-state index contributed by atoms with van der Waals surface area (Å²) in [5.41, 5.74) is 7.94. The van der Waals surface area contributed by atoms with Crippen LogP contribution in [0.15, 0.2) is 16.9 Å². The van der Waals surface area contributed by atoms with E-state index in [2.05, 4.69) is 40.0 Å². The summed E-state index contributed by atoms with van der Waals surface area (Å²) in [6.45, 7) is 6.76. The molecule has 0 radical (unpaired) electrons. The Balaban J connectivity index is 2.22. The Labute approximate surface area is 109 Å². The van der Waals surface area contributed by atoms with Gasteiger partial charge in [0.1, 0.15) is 5.82 Å². The standard InChI is InChI=1S/C11H16BrN5/c1-7(2)16-5-9(4-14-16)6-17-11(13)10(12)8(3)15-17/h4-5,7H,6,13H2,1-3H3. The van der Waals surface area contributed by atoms with Gasteiger partial charge in [-0.05, 0) is 36.7 Å². The number of rotatable bonds is 3. The Morgan fingerprint density at radius 2 is 2.18 bits per heavy atom. The van der Waals surface area contributed by atoms with Gasteiger partial charge in [-0.1, -0.05) is 0 Å². The molecule has 2 aromatic rings. The van der Waals surface area contributed by atoms with Gasteiger partial charge in [0.25, 0.3) is 0 Å². The van der Waals surface area contributed by atoms with E-state index in [1.54, 1.807) is 4.68 Å². The quantitative estimate of drug-likeness (QED) is 0.946. The summed E-state index contributed by atoms with van der Waals surface area (Å²) < 4.78 is 4.58. The molecule has 0 saturated carbocycles. The number of nitrogen functional groups attached to an aromatic ring is 1. The number of anilines is 1. The molecule has 2 N–H and O–H groups in total. The Bertz CT molecular complexity index is 526. The molecule has 0 unspecified atom stereocenters. The molecule has 0 aliphatic rings. The van der Waals surface area contributed by atoms with Crippen LogP contribution < -0.4 is 5.73 Å². The molecule has 0 bridgehead atoms. The monoisotopic (exact) mass is 297 g/mol. The van der Waals surface area contributed by atoms with Crippen LogP contribution in [0, 0.1) is 6.92 Å². The van der Waals surface area contributed by atoms with E-state index in [9.17, 15) is 0 Å². The molecule has 2 aromatic heterocycles. The number of halogens is 1. The molecule has 0 saturated heterocycles. The van der Waals surface area contributed by atoms with Gasteiger partial charge in [0.15, 0.2) is 0 Å². The normalized spacial score (nSPS) is 11.4. The predicted octanol–water partition coefficient (Wildman–Crippen LogP) is 2.36. The van der Waals surface area contributed by atoms with Crippen molar-refractivity contribution in [3.63, 3.8) is 0 Å². The van der Waals surface area contributed by atoms with Crippen LogP contribution in [0.25, 0.3) is 0 Å². The first-order valence-corrected chi connectivity index (χ1v) is 6.29. The van der Waals surface area contributed by atoms with Gasteiger partial charge in [-0.3, -0.25) is 4.68 Å². The molecule has 0 aliphatic carbocycles. The highest BCUT2D eigenvalue weighted by Gasteiger charge is 2.11. The lowest BCUT2D eigenvalue weighted by atomic mass is 10.3. The Morgan fingerprint density at radius 1 is 1.47 bits per heavy atom. The number of hydrogen-bond donors (Lipinski definition) is 1. The van der Waals surface area contributed by atoms with Gasteiger partial charge in [0.05, 0.1) is 22.9 Å². The zero-order valence-corrected chi connectivity index (χ0v) is 11.8. The highest BCUT2D eigenvalue weighted by Crippen LogP contribution is 2.23. The SMILES string of the molecule is Cc1nn(Cc2cnn(C(C)C)c2)c(N)c1Br. The van der Waals surface area contributed by atoms with Crippen molar-refractivity contribution in [3.8, 4) is 0 Å². The molecule has 2 heterocycles. The third-order valence-electron chi connectivity index (χ3n) is 2.61. The molecular formula is C11H16BrN5. The van der Waals surface area contributed by atoms with Crippen LogP contribution in [-0.2, 0) is 6.54 Å². The van der Waals surface area contributed by atoms with Crippen LogP contribution >= 0.6 is 15.9 Å². The second kappa shape index (κ2) is 4.52. The minimum Gasteiger partial charge on any atom is -0.383 e. The summed E-state index contributed by atoms with van der Waals surface area (Å²) in [4.78, 5) is 0. The molecule has 5 nitrogen and oxygen atoms in total. The van der Waals surface area contributed by atoms with E-state index in [1.165, 1.54) is 0 Å². The lowest BCUT2D eigenvalue weighted by Gasteiger charge is -2.04. The third-order valence-corrected chi connectivity index (χ3v) is 3.59.